The summed E-state index contributed by atoms with van der Waals surface area (Å²) in [5.41, 5.74) is 2.86. The Labute approximate surface area is 187 Å². The molecule has 164 valence electrons. The quantitative estimate of drug-likeness (QED) is 0.591. The van der Waals surface area contributed by atoms with Crippen molar-refractivity contribution in [2.45, 2.75) is 31.4 Å². The molecule has 2 aromatic carbocycles. The summed E-state index contributed by atoms with van der Waals surface area (Å²) in [6, 6.07) is 18.8. The summed E-state index contributed by atoms with van der Waals surface area (Å²) in [7, 11) is 0. The van der Waals surface area contributed by atoms with Crippen LogP contribution in [-0.2, 0) is 11.2 Å². The summed E-state index contributed by atoms with van der Waals surface area (Å²) < 4.78 is 11.3. The van der Waals surface area contributed by atoms with E-state index in [4.69, 9.17) is 9.15 Å². The van der Waals surface area contributed by atoms with Crippen molar-refractivity contribution >= 4 is 11.9 Å². The summed E-state index contributed by atoms with van der Waals surface area (Å²) in [6.07, 6.45) is 4.21. The molecule has 2 atom stereocenters. The van der Waals surface area contributed by atoms with Crippen LogP contribution in [0.4, 0.5) is 0 Å². The smallest absolute Gasteiger partial charge is 0.339 e. The van der Waals surface area contributed by atoms with Crippen LogP contribution >= 0.6 is 0 Å². The van der Waals surface area contributed by atoms with Crippen molar-refractivity contribution in [3.8, 4) is 0 Å². The Hall–Kier alpha value is -3.38. The lowest BCUT2D eigenvalue weighted by atomic mass is 9.93. The number of amides is 1. The number of hydrogen-bond donors (Lipinski definition) is 1. The molecular formula is C26H26N2O4. The number of carbonyl (C=O) groups is 2. The van der Waals surface area contributed by atoms with Crippen LogP contribution in [0.2, 0.25) is 0 Å². The number of rotatable bonds is 6. The average molecular weight is 431 g/mol. The molecule has 1 N–H and O–H groups in total. The number of nitrogens with one attached hydrogen (secondary N) is 1. The highest BCUT2D eigenvalue weighted by molar-refractivity contribution is 5.97. The monoisotopic (exact) mass is 430 g/mol. The Balaban J connectivity index is 1.31. The lowest BCUT2D eigenvalue weighted by Crippen LogP contribution is -2.36. The average Bonchev–Trinajstić information content (AvgIpc) is 3.54. The van der Waals surface area contributed by atoms with Gasteiger partial charge in [-0.05, 0) is 67.4 Å². The van der Waals surface area contributed by atoms with Crippen molar-refractivity contribution < 1.29 is 18.7 Å². The zero-order valence-electron chi connectivity index (χ0n) is 17.8. The number of nitrogens with zero attached hydrogens (tertiary/aromatic N) is 1. The van der Waals surface area contributed by atoms with E-state index in [2.05, 4.69) is 10.2 Å². The third kappa shape index (κ3) is 4.18. The van der Waals surface area contributed by atoms with Crippen molar-refractivity contribution in [2.24, 2.45) is 0 Å². The van der Waals surface area contributed by atoms with Crippen LogP contribution in [0.3, 0.4) is 0 Å². The SMILES string of the molecule is O=C(NC[C@H](c1ccco1)N1CCCC1)c1ccc2c(c1)C[C@H](c1ccccc1)OC2=O. The third-order valence-electron chi connectivity index (χ3n) is 6.32. The molecule has 0 saturated carbocycles. The maximum absolute atomic E-state index is 13.0. The minimum atomic E-state index is -0.348. The summed E-state index contributed by atoms with van der Waals surface area (Å²) in [5.74, 6) is 0.365. The van der Waals surface area contributed by atoms with Crippen LogP contribution < -0.4 is 5.32 Å². The van der Waals surface area contributed by atoms with Crippen LogP contribution in [0.15, 0.2) is 71.3 Å². The molecule has 2 aliphatic heterocycles. The molecule has 5 rings (SSSR count). The number of cyclic esters (lactones) is 1. The molecular weight excluding hydrogens is 404 g/mol. The molecule has 0 unspecified atom stereocenters. The molecule has 3 heterocycles. The summed E-state index contributed by atoms with van der Waals surface area (Å²) in [4.78, 5) is 27.8. The fraction of sp³-hybridized carbons (Fsp3) is 0.308. The standard InChI is InChI=1S/C26H26N2O4/c29-25(27-17-22(23-9-6-14-31-23)28-12-4-5-13-28)19-10-11-21-20(15-19)16-24(32-26(21)30)18-7-2-1-3-8-18/h1-3,6-11,14-15,22,24H,4-5,12-13,16-17H2,(H,27,29)/t22-,24-/m1/s1. The van der Waals surface area contributed by atoms with E-state index in [0.717, 1.165) is 42.8 Å². The molecule has 1 aromatic heterocycles. The zero-order chi connectivity index (χ0) is 21.9. The summed E-state index contributed by atoms with van der Waals surface area (Å²) in [5, 5.41) is 3.07. The molecule has 2 aliphatic rings. The van der Waals surface area contributed by atoms with Gasteiger partial charge >= 0.3 is 5.97 Å². The highest BCUT2D eigenvalue weighted by Gasteiger charge is 2.29. The molecule has 6 nitrogen and oxygen atoms in total. The van der Waals surface area contributed by atoms with Gasteiger partial charge in [0.05, 0.1) is 17.9 Å². The largest absolute Gasteiger partial charge is 0.468 e. The fourth-order valence-electron chi connectivity index (χ4n) is 4.63. The molecule has 0 spiro atoms. The number of benzene rings is 2. The lowest BCUT2D eigenvalue weighted by molar-refractivity contribution is 0.0252. The van der Waals surface area contributed by atoms with E-state index in [9.17, 15) is 9.59 Å². The van der Waals surface area contributed by atoms with Gasteiger partial charge in [-0.2, -0.15) is 0 Å². The number of likely N-dealkylation sites (tertiary alicyclic amines) is 1. The van der Waals surface area contributed by atoms with Gasteiger partial charge in [0.25, 0.3) is 5.91 Å². The van der Waals surface area contributed by atoms with Crippen molar-refractivity contribution in [3.05, 3.63) is 94.9 Å². The number of furan rings is 1. The molecule has 3 aromatic rings. The van der Waals surface area contributed by atoms with Gasteiger partial charge in [-0.3, -0.25) is 9.69 Å². The Morgan fingerprint density at radius 2 is 1.88 bits per heavy atom. The number of ether oxygens (including phenoxy) is 1. The third-order valence-corrected chi connectivity index (χ3v) is 6.32. The van der Waals surface area contributed by atoms with E-state index >= 15 is 0 Å². The van der Waals surface area contributed by atoms with Gasteiger partial charge in [0.1, 0.15) is 11.9 Å². The van der Waals surface area contributed by atoms with Crippen LogP contribution in [0, 0.1) is 0 Å². The first kappa shape index (κ1) is 20.5. The highest BCUT2D eigenvalue weighted by Crippen LogP contribution is 2.31. The van der Waals surface area contributed by atoms with Gasteiger partial charge in [-0.15, -0.1) is 0 Å². The topological polar surface area (TPSA) is 71.8 Å². The molecule has 6 heteroatoms. The maximum atomic E-state index is 13.0. The maximum Gasteiger partial charge on any atom is 0.339 e. The highest BCUT2D eigenvalue weighted by atomic mass is 16.5. The molecule has 0 aliphatic carbocycles. The molecule has 1 saturated heterocycles. The summed E-state index contributed by atoms with van der Waals surface area (Å²) >= 11 is 0. The van der Waals surface area contributed by atoms with Crippen LogP contribution in [-0.4, -0.2) is 36.4 Å². The van der Waals surface area contributed by atoms with E-state index in [0.29, 0.717) is 24.1 Å². The predicted molar refractivity (Wildman–Crippen MR) is 119 cm³/mol. The minimum absolute atomic E-state index is 0.0199. The van der Waals surface area contributed by atoms with Crippen molar-refractivity contribution in [1.82, 2.24) is 10.2 Å². The summed E-state index contributed by atoms with van der Waals surface area (Å²) in [6.45, 7) is 2.48. The second kappa shape index (κ2) is 9.01. The Morgan fingerprint density at radius 3 is 2.62 bits per heavy atom. The van der Waals surface area contributed by atoms with Gasteiger partial charge in [0.15, 0.2) is 0 Å². The van der Waals surface area contributed by atoms with Gasteiger partial charge in [-0.25, -0.2) is 4.79 Å². The van der Waals surface area contributed by atoms with E-state index in [-0.39, 0.29) is 24.0 Å². The van der Waals surface area contributed by atoms with E-state index in [1.165, 1.54) is 0 Å². The number of fused-ring (bicyclic) bond motifs is 1. The van der Waals surface area contributed by atoms with Gasteiger partial charge in [-0.1, -0.05) is 30.3 Å². The van der Waals surface area contributed by atoms with Gasteiger partial charge in [0, 0.05) is 18.5 Å². The van der Waals surface area contributed by atoms with Crippen LogP contribution in [0.5, 0.6) is 0 Å². The predicted octanol–water partition coefficient (Wildman–Crippen LogP) is 4.30. The van der Waals surface area contributed by atoms with E-state index in [1.54, 1.807) is 18.4 Å². The van der Waals surface area contributed by atoms with Gasteiger partial charge < -0.3 is 14.5 Å². The first-order chi connectivity index (χ1) is 15.7. The minimum Gasteiger partial charge on any atom is -0.468 e. The Kier molecular flexibility index (Phi) is 5.77. The van der Waals surface area contributed by atoms with Crippen molar-refractivity contribution in [2.75, 3.05) is 19.6 Å². The molecule has 0 radical (unpaired) electrons. The normalized spacial score (nSPS) is 19.2. The first-order valence-corrected chi connectivity index (χ1v) is 11.1. The lowest BCUT2D eigenvalue weighted by Gasteiger charge is -2.26. The van der Waals surface area contributed by atoms with Crippen molar-refractivity contribution in [3.63, 3.8) is 0 Å². The molecule has 0 bridgehead atoms. The number of esters is 1. The fourth-order valence-corrected chi connectivity index (χ4v) is 4.63. The Morgan fingerprint density at radius 1 is 1.06 bits per heavy atom. The first-order valence-electron chi connectivity index (χ1n) is 11.1. The van der Waals surface area contributed by atoms with E-state index in [1.807, 2.05) is 48.5 Å². The number of hydrogen-bond acceptors (Lipinski definition) is 5. The van der Waals surface area contributed by atoms with Crippen LogP contribution in [0.1, 0.15) is 62.6 Å². The Bertz CT molecular complexity index is 1090. The van der Waals surface area contributed by atoms with Crippen molar-refractivity contribution in [1.29, 1.82) is 0 Å². The molecule has 32 heavy (non-hydrogen) atoms. The zero-order valence-corrected chi connectivity index (χ0v) is 17.8. The molecule has 1 amide bonds. The second-order valence-corrected chi connectivity index (χ2v) is 8.37. The number of carbonyl (C=O) groups excluding carboxylic acids is 2. The second-order valence-electron chi connectivity index (χ2n) is 8.37. The van der Waals surface area contributed by atoms with E-state index < -0.39 is 0 Å². The molecule has 1 fully saturated rings. The van der Waals surface area contributed by atoms with Crippen LogP contribution in [0.25, 0.3) is 0 Å². The van der Waals surface area contributed by atoms with Gasteiger partial charge in [0.2, 0.25) is 0 Å².